The summed E-state index contributed by atoms with van der Waals surface area (Å²) in [5.41, 5.74) is 2.80. The summed E-state index contributed by atoms with van der Waals surface area (Å²) in [6, 6.07) is 11.5. The number of likely N-dealkylation sites (N-methyl/N-ethyl adjacent to an activating group) is 1. The van der Waals surface area contributed by atoms with Crippen LogP contribution in [0.5, 0.6) is 5.75 Å². The Kier molecular flexibility index (Phi) is 8.50. The first-order valence-corrected chi connectivity index (χ1v) is 14.2. The van der Waals surface area contributed by atoms with E-state index in [9.17, 15) is 17.9 Å². The van der Waals surface area contributed by atoms with Gasteiger partial charge in [0.25, 0.3) is 0 Å². The minimum absolute atomic E-state index is 0.122. The fourth-order valence-corrected chi connectivity index (χ4v) is 6.86. The molecule has 6 nitrogen and oxygen atoms in total. The Bertz CT molecular complexity index is 1200. The molecule has 3 atom stereocenters. The van der Waals surface area contributed by atoms with Crippen molar-refractivity contribution >= 4 is 15.6 Å². The van der Waals surface area contributed by atoms with Gasteiger partial charge in [-0.15, -0.1) is 0 Å². The lowest BCUT2D eigenvalue weighted by Gasteiger charge is -2.37. The van der Waals surface area contributed by atoms with Crippen LogP contribution in [0.2, 0.25) is 0 Å². The van der Waals surface area contributed by atoms with Crippen molar-refractivity contribution in [1.82, 2.24) is 9.21 Å². The van der Waals surface area contributed by atoms with Crippen LogP contribution < -0.4 is 4.74 Å². The fourth-order valence-electron chi connectivity index (χ4n) is 5.03. The molecule has 2 aromatic carbocycles. The summed E-state index contributed by atoms with van der Waals surface area (Å²) in [6.45, 7) is 4.52. The molecular formula is C28H37FN2O4S. The maximum absolute atomic E-state index is 14.2. The van der Waals surface area contributed by atoms with Gasteiger partial charge in [0.15, 0.2) is 0 Å². The molecule has 0 amide bonds. The number of sulfonamides is 1. The predicted molar refractivity (Wildman–Crippen MR) is 140 cm³/mol. The lowest BCUT2D eigenvalue weighted by atomic mass is 9.93. The van der Waals surface area contributed by atoms with Crippen LogP contribution in [0.3, 0.4) is 0 Å². The van der Waals surface area contributed by atoms with Crippen molar-refractivity contribution in [2.75, 3.05) is 26.7 Å². The molecule has 1 aliphatic carbocycles. The number of halogens is 1. The van der Waals surface area contributed by atoms with E-state index < -0.39 is 16.1 Å². The number of allylic oxidation sites excluding steroid dienone is 2. The average molecular weight is 517 g/mol. The van der Waals surface area contributed by atoms with Crippen LogP contribution in [0.4, 0.5) is 4.39 Å². The number of hydrogen-bond acceptors (Lipinski definition) is 5. The molecule has 2 aliphatic rings. The lowest BCUT2D eigenvalue weighted by molar-refractivity contribution is 0.0730. The number of fused-ring (bicyclic) bond motifs is 1. The first kappa shape index (κ1) is 26.8. The molecule has 1 N–H and O–H groups in total. The summed E-state index contributed by atoms with van der Waals surface area (Å²) in [4.78, 5) is 2.12. The second kappa shape index (κ2) is 11.4. The van der Waals surface area contributed by atoms with Gasteiger partial charge in [0, 0.05) is 37.2 Å². The van der Waals surface area contributed by atoms with E-state index >= 15 is 0 Å². The molecule has 8 heteroatoms. The van der Waals surface area contributed by atoms with Crippen molar-refractivity contribution in [3.63, 3.8) is 0 Å². The normalized spacial score (nSPS) is 23.2. The van der Waals surface area contributed by atoms with Gasteiger partial charge in [-0.1, -0.05) is 37.3 Å². The largest absolute Gasteiger partial charge is 0.487 e. The highest BCUT2D eigenvalue weighted by Gasteiger charge is 2.38. The molecule has 0 bridgehead atoms. The molecule has 1 aliphatic heterocycles. The maximum Gasteiger partial charge on any atom is 0.247 e. The number of rotatable bonds is 7. The summed E-state index contributed by atoms with van der Waals surface area (Å²) in [5, 5.41) is 9.84. The summed E-state index contributed by atoms with van der Waals surface area (Å²) >= 11 is 0. The Morgan fingerprint density at radius 3 is 2.69 bits per heavy atom. The minimum Gasteiger partial charge on any atom is -0.487 e. The van der Waals surface area contributed by atoms with Gasteiger partial charge in [0.2, 0.25) is 10.0 Å². The van der Waals surface area contributed by atoms with Crippen LogP contribution in [-0.4, -0.2) is 61.6 Å². The van der Waals surface area contributed by atoms with Gasteiger partial charge in [-0.2, -0.15) is 4.31 Å². The van der Waals surface area contributed by atoms with Crippen molar-refractivity contribution in [3.05, 3.63) is 65.5 Å². The quantitative estimate of drug-likeness (QED) is 0.579. The smallest absolute Gasteiger partial charge is 0.247 e. The van der Waals surface area contributed by atoms with Crippen LogP contribution in [0.15, 0.2) is 53.4 Å². The number of benzene rings is 2. The fraction of sp³-hybridized carbons (Fsp3) is 0.500. The Labute approximate surface area is 214 Å². The summed E-state index contributed by atoms with van der Waals surface area (Å²) in [5.74, 6) is -0.0757. The lowest BCUT2D eigenvalue weighted by Crippen LogP contribution is -2.49. The third kappa shape index (κ3) is 5.83. The van der Waals surface area contributed by atoms with Gasteiger partial charge in [-0.05, 0) is 69.0 Å². The Hall–Kier alpha value is -2.26. The van der Waals surface area contributed by atoms with Crippen molar-refractivity contribution in [2.45, 2.75) is 63.1 Å². The molecule has 0 spiro atoms. The van der Waals surface area contributed by atoms with E-state index in [1.807, 2.05) is 37.1 Å². The Balaban J connectivity index is 1.69. The van der Waals surface area contributed by atoms with Gasteiger partial charge in [0.1, 0.15) is 22.6 Å². The zero-order valence-corrected chi connectivity index (χ0v) is 22.2. The molecular weight excluding hydrogens is 479 g/mol. The number of aliphatic hydroxyl groups excluding tert-OH is 1. The zero-order chi connectivity index (χ0) is 25.9. The van der Waals surface area contributed by atoms with Gasteiger partial charge in [-0.3, -0.25) is 4.90 Å². The second-order valence-corrected chi connectivity index (χ2v) is 12.0. The monoisotopic (exact) mass is 516 g/mol. The topological polar surface area (TPSA) is 70.1 Å². The van der Waals surface area contributed by atoms with E-state index in [0.29, 0.717) is 24.4 Å². The van der Waals surface area contributed by atoms with Gasteiger partial charge < -0.3 is 9.84 Å². The predicted octanol–water partition coefficient (Wildman–Crippen LogP) is 4.68. The maximum atomic E-state index is 14.2. The van der Waals surface area contributed by atoms with Crippen LogP contribution in [0.25, 0.3) is 5.57 Å². The second-order valence-electron chi connectivity index (χ2n) is 10.2. The highest BCUT2D eigenvalue weighted by molar-refractivity contribution is 7.89. The first-order chi connectivity index (χ1) is 17.2. The van der Waals surface area contributed by atoms with Crippen LogP contribution in [0, 0.1) is 11.7 Å². The first-order valence-electron chi connectivity index (χ1n) is 12.8. The summed E-state index contributed by atoms with van der Waals surface area (Å²) in [6.07, 6.45) is 6.16. The van der Waals surface area contributed by atoms with Crippen LogP contribution in [0.1, 0.15) is 50.7 Å². The molecule has 0 radical (unpaired) electrons. The van der Waals surface area contributed by atoms with Gasteiger partial charge in [0.05, 0.1) is 6.61 Å². The number of aliphatic hydroxyl groups is 1. The molecule has 4 rings (SSSR count). The molecule has 0 unspecified atom stereocenters. The van der Waals surface area contributed by atoms with E-state index in [1.54, 1.807) is 25.1 Å². The SMILES string of the molecule is C[C@@H]1CN([C@H](C)CO)S(=O)(=O)c2ccc(C3=CCCCC3)cc2O[C@H]1CN(C)Cc1ccccc1F. The van der Waals surface area contributed by atoms with Crippen LogP contribution in [-0.2, 0) is 16.6 Å². The molecule has 0 aromatic heterocycles. The Morgan fingerprint density at radius 1 is 1.22 bits per heavy atom. The zero-order valence-electron chi connectivity index (χ0n) is 21.4. The molecule has 36 heavy (non-hydrogen) atoms. The van der Waals surface area contributed by atoms with Crippen molar-refractivity contribution < 1.29 is 22.7 Å². The molecule has 2 aromatic rings. The highest BCUT2D eigenvalue weighted by atomic mass is 32.2. The highest BCUT2D eigenvalue weighted by Crippen LogP contribution is 2.37. The number of hydrogen-bond donors (Lipinski definition) is 1. The standard InChI is InChI=1S/C28H37FN2O4S/c1-20-16-31(21(2)19-32)36(33,34)28-14-13-23(22-9-5-4-6-10-22)15-26(28)35-27(20)18-30(3)17-24-11-7-8-12-25(24)29/h7-9,11-15,20-21,27,32H,4-6,10,16-19H2,1-3H3/t20-,21-,27+/m1/s1. The van der Waals surface area contributed by atoms with E-state index in [4.69, 9.17) is 4.74 Å². The van der Waals surface area contributed by atoms with E-state index in [1.165, 1.54) is 22.4 Å². The molecule has 196 valence electrons. The number of nitrogens with zero attached hydrogens (tertiary/aromatic N) is 2. The molecule has 1 heterocycles. The molecule has 0 saturated carbocycles. The average Bonchev–Trinajstić information content (AvgIpc) is 2.87. The van der Waals surface area contributed by atoms with Crippen molar-refractivity contribution in [2.24, 2.45) is 5.92 Å². The van der Waals surface area contributed by atoms with Gasteiger partial charge in [-0.25, -0.2) is 12.8 Å². The number of ether oxygens (including phenoxy) is 1. The molecule has 0 fully saturated rings. The molecule has 0 saturated heterocycles. The van der Waals surface area contributed by atoms with E-state index in [0.717, 1.165) is 24.8 Å². The summed E-state index contributed by atoms with van der Waals surface area (Å²) < 4.78 is 49.5. The van der Waals surface area contributed by atoms with Crippen molar-refractivity contribution in [1.29, 1.82) is 0 Å². The van der Waals surface area contributed by atoms with Crippen molar-refractivity contribution in [3.8, 4) is 5.75 Å². The van der Waals surface area contributed by atoms with E-state index in [-0.39, 0.29) is 35.9 Å². The Morgan fingerprint density at radius 2 is 2.00 bits per heavy atom. The van der Waals surface area contributed by atoms with Gasteiger partial charge >= 0.3 is 0 Å². The van der Waals surface area contributed by atoms with Crippen LogP contribution >= 0.6 is 0 Å². The third-order valence-corrected chi connectivity index (χ3v) is 9.24. The summed E-state index contributed by atoms with van der Waals surface area (Å²) in [7, 11) is -1.96. The minimum atomic E-state index is -3.87. The van der Waals surface area contributed by atoms with E-state index in [2.05, 4.69) is 6.08 Å². The third-order valence-electron chi connectivity index (χ3n) is 7.22.